The third-order valence-corrected chi connectivity index (χ3v) is 2.43. The number of carbonyl (C=O) groups excluding carboxylic acids is 2. The van der Waals surface area contributed by atoms with Gasteiger partial charge in [-0.2, -0.15) is 0 Å². The van der Waals surface area contributed by atoms with E-state index in [9.17, 15) is 14.4 Å². The van der Waals surface area contributed by atoms with Gasteiger partial charge in [0, 0.05) is 17.2 Å². The van der Waals surface area contributed by atoms with Gasteiger partial charge in [0.25, 0.3) is 0 Å². The Morgan fingerprint density at radius 2 is 2.00 bits per heavy atom. The predicted molar refractivity (Wildman–Crippen MR) is 61.7 cm³/mol. The molecule has 0 bridgehead atoms. The van der Waals surface area contributed by atoms with Gasteiger partial charge in [0.2, 0.25) is 0 Å². The maximum absolute atomic E-state index is 11.6. The maximum Gasteiger partial charge on any atom is 0.338 e. The van der Waals surface area contributed by atoms with Crippen LogP contribution < -0.4 is 5.43 Å². The summed E-state index contributed by atoms with van der Waals surface area (Å²) in [5.74, 6) is -0.858. The lowest BCUT2D eigenvalue weighted by atomic mass is 10.1. The number of ether oxygens (including phenoxy) is 1. The molecule has 0 spiro atoms. The highest BCUT2D eigenvalue weighted by Crippen LogP contribution is 2.26. The standard InChI is InChI=1S/C13H10O4/c1-2-17-13(16)11-7-12(15)9-5-3-4-8(14)6-10(9)11/h3-7H,2H2,1H3. The first kappa shape index (κ1) is 11.3. The highest BCUT2D eigenvalue weighted by atomic mass is 16.5. The Kier molecular flexibility index (Phi) is 2.87. The fourth-order valence-corrected chi connectivity index (χ4v) is 1.70. The highest BCUT2D eigenvalue weighted by molar-refractivity contribution is 6.30. The summed E-state index contributed by atoms with van der Waals surface area (Å²) in [7, 11) is 0. The zero-order valence-corrected chi connectivity index (χ0v) is 9.23. The molecule has 2 rings (SSSR count). The second-order valence-electron chi connectivity index (χ2n) is 3.54. The van der Waals surface area contributed by atoms with Gasteiger partial charge in [-0.3, -0.25) is 9.59 Å². The molecular weight excluding hydrogens is 220 g/mol. The SMILES string of the molecule is CCOC(=O)C1=CC(=O)c2cccc(=O)cc21. The third-order valence-electron chi connectivity index (χ3n) is 2.43. The van der Waals surface area contributed by atoms with Crippen molar-refractivity contribution in [2.24, 2.45) is 0 Å². The molecule has 0 aliphatic heterocycles. The first-order valence-corrected chi connectivity index (χ1v) is 5.21. The second kappa shape index (κ2) is 4.33. The molecule has 0 N–H and O–H groups in total. The van der Waals surface area contributed by atoms with E-state index in [2.05, 4.69) is 0 Å². The van der Waals surface area contributed by atoms with Crippen LogP contribution in [0.5, 0.6) is 0 Å². The zero-order valence-electron chi connectivity index (χ0n) is 9.23. The first-order valence-electron chi connectivity index (χ1n) is 5.21. The lowest BCUT2D eigenvalue weighted by Gasteiger charge is -2.01. The van der Waals surface area contributed by atoms with E-state index in [-0.39, 0.29) is 23.4 Å². The Balaban J connectivity index is 2.57. The van der Waals surface area contributed by atoms with Gasteiger partial charge in [-0.25, -0.2) is 4.79 Å². The van der Waals surface area contributed by atoms with Crippen LogP contribution in [0.4, 0.5) is 0 Å². The number of hydrogen-bond acceptors (Lipinski definition) is 4. The van der Waals surface area contributed by atoms with E-state index in [0.29, 0.717) is 11.1 Å². The molecule has 0 saturated heterocycles. The van der Waals surface area contributed by atoms with Crippen molar-refractivity contribution in [3.63, 3.8) is 0 Å². The van der Waals surface area contributed by atoms with Gasteiger partial charge in [0.15, 0.2) is 11.2 Å². The molecule has 86 valence electrons. The van der Waals surface area contributed by atoms with Crippen LogP contribution in [0.1, 0.15) is 22.8 Å². The second-order valence-corrected chi connectivity index (χ2v) is 3.54. The van der Waals surface area contributed by atoms with Crippen LogP contribution in [-0.4, -0.2) is 18.4 Å². The summed E-state index contributed by atoms with van der Waals surface area (Å²) in [4.78, 5) is 34.6. The van der Waals surface area contributed by atoms with Crippen molar-refractivity contribution in [1.82, 2.24) is 0 Å². The molecule has 1 aromatic carbocycles. The molecule has 17 heavy (non-hydrogen) atoms. The molecule has 0 aromatic heterocycles. The van der Waals surface area contributed by atoms with Crippen molar-refractivity contribution in [3.05, 3.63) is 51.7 Å². The Morgan fingerprint density at radius 3 is 2.71 bits per heavy atom. The average molecular weight is 230 g/mol. The van der Waals surface area contributed by atoms with Crippen molar-refractivity contribution in [1.29, 1.82) is 0 Å². The van der Waals surface area contributed by atoms with Crippen LogP contribution >= 0.6 is 0 Å². The molecule has 1 aliphatic carbocycles. The molecule has 0 saturated carbocycles. The van der Waals surface area contributed by atoms with Gasteiger partial charge in [-0.05, 0) is 19.1 Å². The van der Waals surface area contributed by atoms with Crippen LogP contribution in [0.25, 0.3) is 5.57 Å². The molecule has 0 unspecified atom stereocenters. The minimum absolute atomic E-state index is 0.153. The minimum Gasteiger partial charge on any atom is -0.462 e. The van der Waals surface area contributed by atoms with Crippen molar-refractivity contribution >= 4 is 17.3 Å². The minimum atomic E-state index is -0.579. The van der Waals surface area contributed by atoms with Gasteiger partial charge in [-0.15, -0.1) is 0 Å². The summed E-state index contributed by atoms with van der Waals surface area (Å²) in [5, 5.41) is 0. The summed E-state index contributed by atoms with van der Waals surface area (Å²) in [6, 6.07) is 5.65. The number of esters is 1. The zero-order chi connectivity index (χ0) is 12.4. The summed E-state index contributed by atoms with van der Waals surface area (Å²) >= 11 is 0. The molecule has 0 atom stereocenters. The molecular formula is C13H10O4. The predicted octanol–water partition coefficient (Wildman–Crippen LogP) is 1.19. The Labute approximate surface area is 97.5 Å². The van der Waals surface area contributed by atoms with E-state index in [1.54, 1.807) is 6.92 Å². The van der Waals surface area contributed by atoms with Crippen molar-refractivity contribution in [2.45, 2.75) is 6.92 Å². The normalized spacial score (nSPS) is 13.0. The topological polar surface area (TPSA) is 60.4 Å². The van der Waals surface area contributed by atoms with Crippen LogP contribution in [0.2, 0.25) is 0 Å². The largest absolute Gasteiger partial charge is 0.462 e. The summed E-state index contributed by atoms with van der Waals surface area (Å²) in [6.45, 7) is 1.91. The smallest absolute Gasteiger partial charge is 0.338 e. The van der Waals surface area contributed by atoms with E-state index in [1.165, 1.54) is 30.3 Å². The van der Waals surface area contributed by atoms with Crippen LogP contribution in [0.15, 0.2) is 35.1 Å². The molecule has 0 fully saturated rings. The van der Waals surface area contributed by atoms with Gasteiger partial charge in [0.1, 0.15) is 0 Å². The van der Waals surface area contributed by atoms with Gasteiger partial charge < -0.3 is 4.74 Å². The third kappa shape index (κ3) is 2.01. The Hall–Kier alpha value is -2.23. The molecule has 1 aliphatic rings. The van der Waals surface area contributed by atoms with E-state index in [4.69, 9.17) is 4.74 Å². The molecule has 1 aromatic rings. The molecule has 0 amide bonds. The average Bonchev–Trinajstić information content (AvgIpc) is 2.47. The van der Waals surface area contributed by atoms with E-state index in [1.807, 2.05) is 0 Å². The van der Waals surface area contributed by atoms with Crippen LogP contribution in [0, 0.1) is 0 Å². The Morgan fingerprint density at radius 1 is 1.24 bits per heavy atom. The summed E-state index contributed by atoms with van der Waals surface area (Å²) in [6.07, 6.45) is 1.21. The van der Waals surface area contributed by atoms with Crippen molar-refractivity contribution in [3.8, 4) is 0 Å². The van der Waals surface area contributed by atoms with Crippen molar-refractivity contribution in [2.75, 3.05) is 6.61 Å². The van der Waals surface area contributed by atoms with Crippen LogP contribution in [0.3, 0.4) is 0 Å². The first-order chi connectivity index (χ1) is 8.13. The fraction of sp³-hybridized carbons (Fsp3) is 0.154. The molecule has 4 heteroatoms. The molecule has 0 heterocycles. The number of ketones is 1. The van der Waals surface area contributed by atoms with Crippen molar-refractivity contribution < 1.29 is 14.3 Å². The summed E-state index contributed by atoms with van der Waals surface area (Å²) < 4.78 is 4.84. The number of fused-ring (bicyclic) bond motifs is 1. The van der Waals surface area contributed by atoms with Gasteiger partial charge >= 0.3 is 5.97 Å². The fourth-order valence-electron chi connectivity index (χ4n) is 1.70. The number of carbonyl (C=O) groups is 2. The number of rotatable bonds is 2. The number of hydrogen-bond donors (Lipinski definition) is 0. The van der Waals surface area contributed by atoms with E-state index < -0.39 is 5.97 Å². The molecule has 0 radical (unpaired) electrons. The monoisotopic (exact) mass is 230 g/mol. The lowest BCUT2D eigenvalue weighted by molar-refractivity contribution is -0.136. The highest BCUT2D eigenvalue weighted by Gasteiger charge is 2.26. The summed E-state index contributed by atoms with van der Waals surface area (Å²) in [5.41, 5.74) is 0.606. The Bertz CT molecular complexity index is 584. The number of allylic oxidation sites excluding steroid dienone is 1. The van der Waals surface area contributed by atoms with E-state index >= 15 is 0 Å². The van der Waals surface area contributed by atoms with Crippen LogP contribution in [-0.2, 0) is 9.53 Å². The lowest BCUT2D eigenvalue weighted by Crippen LogP contribution is -2.06. The van der Waals surface area contributed by atoms with Gasteiger partial charge in [0.05, 0.1) is 12.2 Å². The molecule has 4 nitrogen and oxygen atoms in total. The maximum atomic E-state index is 11.6. The van der Waals surface area contributed by atoms with Gasteiger partial charge in [-0.1, -0.05) is 12.1 Å². The quantitative estimate of drug-likeness (QED) is 0.716. The van der Waals surface area contributed by atoms with E-state index in [0.717, 1.165) is 0 Å².